The minimum Gasteiger partial charge on any atom is -0.490 e. The zero-order valence-electron chi connectivity index (χ0n) is 6.66. The largest absolute Gasteiger partial charge is 0.490 e. The van der Waals surface area contributed by atoms with Crippen molar-refractivity contribution in [2.45, 2.75) is 0 Å². The molecule has 0 radical (unpaired) electrons. The average molecular weight is 162 g/mol. The molecule has 2 heteroatoms. The molecule has 0 saturated carbocycles. The summed E-state index contributed by atoms with van der Waals surface area (Å²) in [5.41, 5.74) is 0.714. The zero-order valence-corrected chi connectivity index (χ0v) is 6.66. The van der Waals surface area contributed by atoms with Gasteiger partial charge in [-0.15, -0.1) is 6.42 Å². The Hall–Kier alpha value is -1.46. The van der Waals surface area contributed by atoms with E-state index in [2.05, 4.69) is 5.92 Å². The number of para-hydroxylation sites is 1. The maximum atomic E-state index is 8.51. The maximum absolute atomic E-state index is 8.51. The summed E-state index contributed by atoms with van der Waals surface area (Å²) in [5.74, 6) is 3.15. The van der Waals surface area contributed by atoms with E-state index in [4.69, 9.17) is 16.3 Å². The van der Waals surface area contributed by atoms with Crippen LogP contribution in [0.5, 0.6) is 5.75 Å². The van der Waals surface area contributed by atoms with Crippen LogP contribution in [0.4, 0.5) is 0 Å². The van der Waals surface area contributed by atoms with Gasteiger partial charge in [-0.3, -0.25) is 0 Å². The molecule has 0 aromatic heterocycles. The van der Waals surface area contributed by atoms with Crippen LogP contribution in [0.15, 0.2) is 24.3 Å². The Labute approximate surface area is 71.8 Å². The van der Waals surface area contributed by atoms with Crippen molar-refractivity contribution in [3.05, 3.63) is 29.8 Å². The number of aliphatic hydroxyl groups is 1. The van der Waals surface area contributed by atoms with Crippen LogP contribution in [-0.2, 0) is 0 Å². The fraction of sp³-hybridized carbons (Fsp3) is 0.200. The number of hydrogen-bond donors (Lipinski definition) is 1. The van der Waals surface area contributed by atoms with E-state index in [9.17, 15) is 0 Å². The average Bonchev–Trinajstić information content (AvgIpc) is 2.15. The first kappa shape index (κ1) is 8.63. The zero-order chi connectivity index (χ0) is 8.81. The number of terminal acetylenes is 1. The lowest BCUT2D eigenvalue weighted by Crippen LogP contribution is -2.02. The third kappa shape index (κ3) is 2.01. The second-order valence-corrected chi connectivity index (χ2v) is 2.21. The highest BCUT2D eigenvalue weighted by atomic mass is 16.5. The van der Waals surface area contributed by atoms with Gasteiger partial charge in [0.2, 0.25) is 0 Å². The molecular formula is C10H10O2. The SMILES string of the molecule is C#Cc1ccccc1OCCO. The Bertz CT molecular complexity index is 286. The minimum atomic E-state index is -0.00109. The first-order chi connectivity index (χ1) is 5.88. The third-order valence-electron chi connectivity index (χ3n) is 1.39. The number of aliphatic hydroxyl groups excluding tert-OH is 1. The number of rotatable bonds is 3. The molecule has 0 heterocycles. The van der Waals surface area contributed by atoms with Gasteiger partial charge in [0.1, 0.15) is 12.4 Å². The fourth-order valence-electron chi connectivity index (χ4n) is 0.867. The van der Waals surface area contributed by atoms with Crippen LogP contribution in [0.3, 0.4) is 0 Å². The molecule has 0 amide bonds. The molecule has 1 N–H and O–H groups in total. The van der Waals surface area contributed by atoms with Gasteiger partial charge >= 0.3 is 0 Å². The van der Waals surface area contributed by atoms with E-state index in [0.717, 1.165) is 0 Å². The number of benzene rings is 1. The summed E-state index contributed by atoms with van der Waals surface area (Å²) >= 11 is 0. The highest BCUT2D eigenvalue weighted by Gasteiger charge is 1.97. The first-order valence-corrected chi connectivity index (χ1v) is 3.68. The smallest absolute Gasteiger partial charge is 0.135 e. The predicted molar refractivity (Wildman–Crippen MR) is 47.0 cm³/mol. The molecule has 2 nitrogen and oxygen atoms in total. The molecule has 1 aromatic rings. The molecule has 0 saturated heterocycles. The van der Waals surface area contributed by atoms with E-state index in [1.165, 1.54) is 0 Å². The second kappa shape index (κ2) is 4.42. The standard InChI is InChI=1S/C10H10O2/c1-2-9-5-3-4-6-10(9)12-8-7-11/h1,3-6,11H,7-8H2. The topological polar surface area (TPSA) is 29.5 Å². The molecule has 0 unspecified atom stereocenters. The molecule has 0 aliphatic rings. The van der Waals surface area contributed by atoms with Crippen molar-refractivity contribution in [3.8, 4) is 18.1 Å². The number of hydrogen-bond acceptors (Lipinski definition) is 2. The molecule has 0 fully saturated rings. The molecule has 1 rings (SSSR count). The van der Waals surface area contributed by atoms with Gasteiger partial charge < -0.3 is 9.84 Å². The van der Waals surface area contributed by atoms with Gasteiger partial charge in [-0.25, -0.2) is 0 Å². The minimum absolute atomic E-state index is 0.00109. The van der Waals surface area contributed by atoms with E-state index < -0.39 is 0 Å². The Morgan fingerprint density at radius 2 is 2.17 bits per heavy atom. The summed E-state index contributed by atoms with van der Waals surface area (Å²) in [5, 5.41) is 8.51. The van der Waals surface area contributed by atoms with Crippen LogP contribution in [0.25, 0.3) is 0 Å². The Kier molecular flexibility index (Phi) is 3.18. The van der Waals surface area contributed by atoms with E-state index in [0.29, 0.717) is 11.3 Å². The van der Waals surface area contributed by atoms with Crippen LogP contribution >= 0.6 is 0 Å². The second-order valence-electron chi connectivity index (χ2n) is 2.21. The molecule has 0 atom stereocenters. The summed E-state index contributed by atoms with van der Waals surface area (Å²) in [6, 6.07) is 7.27. The maximum Gasteiger partial charge on any atom is 0.135 e. The van der Waals surface area contributed by atoms with Crippen molar-refractivity contribution >= 4 is 0 Å². The molecule has 0 bridgehead atoms. The van der Waals surface area contributed by atoms with Gasteiger partial charge in [-0.2, -0.15) is 0 Å². The highest BCUT2D eigenvalue weighted by molar-refractivity contribution is 5.44. The van der Waals surface area contributed by atoms with E-state index in [1.54, 1.807) is 12.1 Å². The fourth-order valence-corrected chi connectivity index (χ4v) is 0.867. The summed E-state index contributed by atoms with van der Waals surface area (Å²) in [6.07, 6.45) is 5.23. The third-order valence-corrected chi connectivity index (χ3v) is 1.39. The van der Waals surface area contributed by atoms with Gasteiger partial charge in [-0.05, 0) is 12.1 Å². The van der Waals surface area contributed by atoms with Crippen molar-refractivity contribution in [1.29, 1.82) is 0 Å². The Morgan fingerprint density at radius 3 is 2.83 bits per heavy atom. The van der Waals surface area contributed by atoms with Gasteiger partial charge in [0.25, 0.3) is 0 Å². The highest BCUT2D eigenvalue weighted by Crippen LogP contribution is 2.15. The summed E-state index contributed by atoms with van der Waals surface area (Å²) < 4.78 is 5.18. The molecule has 1 aromatic carbocycles. The van der Waals surface area contributed by atoms with E-state index in [1.807, 2.05) is 12.1 Å². The van der Waals surface area contributed by atoms with Gasteiger partial charge in [0, 0.05) is 0 Å². The van der Waals surface area contributed by atoms with Crippen LogP contribution in [0.2, 0.25) is 0 Å². The van der Waals surface area contributed by atoms with Gasteiger partial charge in [-0.1, -0.05) is 18.1 Å². The van der Waals surface area contributed by atoms with Crippen molar-refractivity contribution in [3.63, 3.8) is 0 Å². The molecule has 0 aliphatic carbocycles. The summed E-state index contributed by atoms with van der Waals surface area (Å²) in [4.78, 5) is 0. The molecule has 12 heavy (non-hydrogen) atoms. The quantitative estimate of drug-likeness (QED) is 0.673. The lowest BCUT2D eigenvalue weighted by molar-refractivity contribution is 0.201. The Morgan fingerprint density at radius 1 is 1.42 bits per heavy atom. The van der Waals surface area contributed by atoms with Crippen LogP contribution in [0, 0.1) is 12.3 Å². The van der Waals surface area contributed by atoms with E-state index in [-0.39, 0.29) is 13.2 Å². The van der Waals surface area contributed by atoms with Crippen LogP contribution in [0.1, 0.15) is 5.56 Å². The molecule has 0 spiro atoms. The molecular weight excluding hydrogens is 152 g/mol. The normalized spacial score (nSPS) is 9.00. The monoisotopic (exact) mass is 162 g/mol. The van der Waals surface area contributed by atoms with Gasteiger partial charge in [0.05, 0.1) is 12.2 Å². The van der Waals surface area contributed by atoms with E-state index >= 15 is 0 Å². The Balaban J connectivity index is 2.77. The molecule has 0 aliphatic heterocycles. The summed E-state index contributed by atoms with van der Waals surface area (Å²) in [6.45, 7) is 0.275. The first-order valence-electron chi connectivity index (χ1n) is 3.68. The van der Waals surface area contributed by atoms with Gasteiger partial charge in [0.15, 0.2) is 0 Å². The lowest BCUT2D eigenvalue weighted by Gasteiger charge is -2.05. The van der Waals surface area contributed by atoms with Crippen molar-refractivity contribution in [2.75, 3.05) is 13.2 Å². The van der Waals surface area contributed by atoms with Crippen molar-refractivity contribution < 1.29 is 9.84 Å². The summed E-state index contributed by atoms with van der Waals surface area (Å²) in [7, 11) is 0. The van der Waals surface area contributed by atoms with Crippen molar-refractivity contribution in [2.24, 2.45) is 0 Å². The van der Waals surface area contributed by atoms with Crippen molar-refractivity contribution in [1.82, 2.24) is 0 Å². The number of ether oxygens (including phenoxy) is 1. The van der Waals surface area contributed by atoms with Crippen LogP contribution in [-0.4, -0.2) is 18.3 Å². The molecule has 62 valence electrons. The lowest BCUT2D eigenvalue weighted by atomic mass is 10.2. The predicted octanol–water partition coefficient (Wildman–Crippen LogP) is 1.04. The van der Waals surface area contributed by atoms with Crippen LogP contribution < -0.4 is 4.74 Å².